The van der Waals surface area contributed by atoms with Crippen LogP contribution in [0.5, 0.6) is 0 Å². The Balaban J connectivity index is 1.41. The molecule has 3 heterocycles. The molecule has 0 bridgehead atoms. The van der Waals surface area contributed by atoms with E-state index >= 15 is 0 Å². The van der Waals surface area contributed by atoms with Gasteiger partial charge in [0.05, 0.1) is 12.2 Å². The summed E-state index contributed by atoms with van der Waals surface area (Å²) in [5.74, 6) is 3.34. The van der Waals surface area contributed by atoms with Crippen LogP contribution in [0.1, 0.15) is 53.4 Å². The molecule has 0 radical (unpaired) electrons. The Morgan fingerprint density at radius 1 is 1.28 bits per heavy atom. The molecule has 6 heteroatoms. The smallest absolute Gasteiger partial charge is 0.287 e. The summed E-state index contributed by atoms with van der Waals surface area (Å²) in [4.78, 5) is 18.9. The SMILES string of the molecule is CCc1ccc(C(=O)NCC2CCN(Cc3nc(C)c(C)o3)CC2)o1. The molecular weight excluding hydrogens is 318 g/mol. The lowest BCUT2D eigenvalue weighted by atomic mass is 9.97. The van der Waals surface area contributed by atoms with Crippen molar-refractivity contribution < 1.29 is 13.6 Å². The Hall–Kier alpha value is -2.08. The van der Waals surface area contributed by atoms with Gasteiger partial charge in [-0.05, 0) is 57.8 Å². The molecule has 2 aromatic heterocycles. The van der Waals surface area contributed by atoms with Crippen molar-refractivity contribution in [3.05, 3.63) is 41.0 Å². The second-order valence-electron chi connectivity index (χ2n) is 6.80. The maximum absolute atomic E-state index is 12.1. The lowest BCUT2D eigenvalue weighted by Gasteiger charge is -2.31. The zero-order valence-electron chi connectivity index (χ0n) is 15.3. The highest BCUT2D eigenvalue weighted by Crippen LogP contribution is 2.19. The second kappa shape index (κ2) is 7.87. The topological polar surface area (TPSA) is 71.5 Å². The molecule has 2 aromatic rings. The summed E-state index contributed by atoms with van der Waals surface area (Å²) in [5, 5.41) is 3.00. The third-order valence-electron chi connectivity index (χ3n) is 4.92. The molecule has 1 N–H and O–H groups in total. The average molecular weight is 345 g/mol. The first-order valence-electron chi connectivity index (χ1n) is 9.07. The van der Waals surface area contributed by atoms with Crippen molar-refractivity contribution in [1.82, 2.24) is 15.2 Å². The van der Waals surface area contributed by atoms with Crippen molar-refractivity contribution in [2.24, 2.45) is 5.92 Å². The molecule has 25 heavy (non-hydrogen) atoms. The van der Waals surface area contributed by atoms with Crippen LogP contribution in [-0.4, -0.2) is 35.4 Å². The highest BCUT2D eigenvalue weighted by Gasteiger charge is 2.22. The highest BCUT2D eigenvalue weighted by atomic mass is 16.4. The Bertz CT molecular complexity index is 692. The van der Waals surface area contributed by atoms with Gasteiger partial charge >= 0.3 is 0 Å². The summed E-state index contributed by atoms with van der Waals surface area (Å²) >= 11 is 0. The standard InChI is InChI=1S/C19H27N3O3/c1-4-16-5-6-17(25-16)19(23)20-11-15-7-9-22(10-8-15)12-18-21-13(2)14(3)24-18/h5-6,15H,4,7-12H2,1-3H3,(H,20,23). The van der Waals surface area contributed by atoms with Crippen LogP contribution < -0.4 is 5.32 Å². The minimum atomic E-state index is -0.118. The van der Waals surface area contributed by atoms with Gasteiger partial charge in [0.2, 0.25) is 5.89 Å². The van der Waals surface area contributed by atoms with Crippen molar-refractivity contribution in [3.63, 3.8) is 0 Å². The highest BCUT2D eigenvalue weighted by molar-refractivity contribution is 5.91. The molecule has 1 amide bonds. The number of amides is 1. The number of likely N-dealkylation sites (tertiary alicyclic amines) is 1. The van der Waals surface area contributed by atoms with E-state index in [-0.39, 0.29) is 5.91 Å². The van der Waals surface area contributed by atoms with Crippen LogP contribution in [-0.2, 0) is 13.0 Å². The Morgan fingerprint density at radius 3 is 2.64 bits per heavy atom. The summed E-state index contributed by atoms with van der Waals surface area (Å²) in [7, 11) is 0. The van der Waals surface area contributed by atoms with Gasteiger partial charge in [0.1, 0.15) is 11.5 Å². The summed E-state index contributed by atoms with van der Waals surface area (Å²) in [6, 6.07) is 3.61. The fourth-order valence-corrected chi connectivity index (χ4v) is 3.16. The van der Waals surface area contributed by atoms with Crippen LogP contribution in [0.4, 0.5) is 0 Å². The van der Waals surface area contributed by atoms with Crippen molar-refractivity contribution >= 4 is 5.91 Å². The summed E-state index contributed by atoms with van der Waals surface area (Å²) in [5.41, 5.74) is 0.969. The van der Waals surface area contributed by atoms with E-state index in [1.165, 1.54) is 0 Å². The van der Waals surface area contributed by atoms with Crippen molar-refractivity contribution in [3.8, 4) is 0 Å². The lowest BCUT2D eigenvalue weighted by molar-refractivity contribution is 0.0904. The van der Waals surface area contributed by atoms with Gasteiger partial charge in [-0.2, -0.15) is 0 Å². The first-order chi connectivity index (χ1) is 12.0. The van der Waals surface area contributed by atoms with Crippen LogP contribution in [0.2, 0.25) is 0 Å². The van der Waals surface area contributed by atoms with E-state index in [2.05, 4.69) is 15.2 Å². The minimum absolute atomic E-state index is 0.118. The second-order valence-corrected chi connectivity index (χ2v) is 6.80. The molecule has 136 valence electrons. The largest absolute Gasteiger partial charge is 0.456 e. The zero-order chi connectivity index (χ0) is 17.8. The normalized spacial score (nSPS) is 16.3. The Morgan fingerprint density at radius 2 is 2.04 bits per heavy atom. The zero-order valence-corrected chi connectivity index (χ0v) is 15.3. The first-order valence-corrected chi connectivity index (χ1v) is 9.07. The van der Waals surface area contributed by atoms with Crippen LogP contribution in [0.15, 0.2) is 21.0 Å². The van der Waals surface area contributed by atoms with Crippen LogP contribution in [0, 0.1) is 19.8 Å². The van der Waals surface area contributed by atoms with Gasteiger partial charge in [-0.15, -0.1) is 0 Å². The van der Waals surface area contributed by atoms with Gasteiger partial charge in [0.25, 0.3) is 5.91 Å². The van der Waals surface area contributed by atoms with Crippen molar-refractivity contribution in [2.45, 2.75) is 46.6 Å². The Kier molecular flexibility index (Phi) is 5.58. The molecule has 1 aliphatic heterocycles. The van der Waals surface area contributed by atoms with Gasteiger partial charge < -0.3 is 14.2 Å². The molecular formula is C19H27N3O3. The number of aryl methyl sites for hydroxylation is 3. The van der Waals surface area contributed by atoms with E-state index in [0.29, 0.717) is 18.2 Å². The van der Waals surface area contributed by atoms with Crippen LogP contribution in [0.3, 0.4) is 0 Å². The van der Waals surface area contributed by atoms with Crippen molar-refractivity contribution in [1.29, 1.82) is 0 Å². The van der Waals surface area contributed by atoms with E-state index in [0.717, 1.165) is 62.0 Å². The number of piperidine rings is 1. The third kappa shape index (κ3) is 4.51. The molecule has 0 aromatic carbocycles. The number of hydrogen-bond acceptors (Lipinski definition) is 5. The number of furan rings is 1. The monoisotopic (exact) mass is 345 g/mol. The molecule has 0 spiro atoms. The maximum atomic E-state index is 12.1. The molecule has 1 saturated heterocycles. The predicted octanol–water partition coefficient (Wildman–Crippen LogP) is 3.09. The maximum Gasteiger partial charge on any atom is 0.287 e. The van der Waals surface area contributed by atoms with Crippen LogP contribution in [0.25, 0.3) is 0 Å². The number of carbonyl (C=O) groups is 1. The molecule has 3 rings (SSSR count). The fraction of sp³-hybridized carbons (Fsp3) is 0.579. The van der Waals surface area contributed by atoms with Crippen molar-refractivity contribution in [2.75, 3.05) is 19.6 Å². The number of carbonyl (C=O) groups excluding carboxylic acids is 1. The van der Waals surface area contributed by atoms with E-state index in [9.17, 15) is 4.79 Å². The molecule has 0 aliphatic carbocycles. The summed E-state index contributed by atoms with van der Waals surface area (Å²) in [6.07, 6.45) is 2.93. The van der Waals surface area contributed by atoms with Gasteiger partial charge in [-0.3, -0.25) is 9.69 Å². The number of hydrogen-bond donors (Lipinski definition) is 1. The third-order valence-corrected chi connectivity index (χ3v) is 4.92. The fourth-order valence-electron chi connectivity index (χ4n) is 3.16. The number of nitrogens with zero attached hydrogens (tertiary/aromatic N) is 2. The molecule has 0 unspecified atom stereocenters. The Labute approximate surface area is 148 Å². The van der Waals surface area contributed by atoms with Crippen LogP contribution >= 0.6 is 0 Å². The van der Waals surface area contributed by atoms with E-state index < -0.39 is 0 Å². The summed E-state index contributed by atoms with van der Waals surface area (Å²) < 4.78 is 11.2. The minimum Gasteiger partial charge on any atom is -0.456 e. The molecule has 0 atom stereocenters. The first kappa shape index (κ1) is 17.7. The lowest BCUT2D eigenvalue weighted by Crippen LogP contribution is -2.38. The average Bonchev–Trinajstić information content (AvgIpc) is 3.21. The molecule has 1 fully saturated rings. The number of nitrogens with one attached hydrogen (secondary N) is 1. The van der Waals surface area contributed by atoms with Gasteiger partial charge in [-0.25, -0.2) is 4.98 Å². The quantitative estimate of drug-likeness (QED) is 0.871. The molecule has 1 aliphatic rings. The number of rotatable bonds is 6. The van der Waals surface area contributed by atoms with Gasteiger partial charge in [-0.1, -0.05) is 6.92 Å². The summed E-state index contributed by atoms with van der Waals surface area (Å²) in [6.45, 7) is 9.40. The van der Waals surface area contributed by atoms with Gasteiger partial charge in [0.15, 0.2) is 5.76 Å². The molecule has 6 nitrogen and oxygen atoms in total. The van der Waals surface area contributed by atoms with E-state index in [1.807, 2.05) is 26.8 Å². The molecule has 0 saturated carbocycles. The van der Waals surface area contributed by atoms with E-state index in [1.54, 1.807) is 6.07 Å². The number of oxazole rings is 1. The predicted molar refractivity (Wildman–Crippen MR) is 94.4 cm³/mol. The van der Waals surface area contributed by atoms with Gasteiger partial charge in [0, 0.05) is 13.0 Å². The number of aromatic nitrogens is 1. The van der Waals surface area contributed by atoms with E-state index in [4.69, 9.17) is 8.83 Å².